The van der Waals surface area contributed by atoms with E-state index in [9.17, 15) is 9.18 Å². The topological polar surface area (TPSA) is 54.1 Å². The van der Waals surface area contributed by atoms with Crippen molar-refractivity contribution in [1.82, 2.24) is 10.3 Å². The highest BCUT2D eigenvalue weighted by Crippen LogP contribution is 2.32. The standard InChI is InChI=1S/C13H13FN2O2.ClH/c1-18-13(17)9-5-15-6-11-12(9)8-4-7(14)2-3-10(8)16-11;/h2-4,9,15-16H,5-6H2,1H3;1H. The zero-order valence-corrected chi connectivity index (χ0v) is 11.1. The minimum Gasteiger partial charge on any atom is -0.469 e. The first-order valence-electron chi connectivity index (χ1n) is 5.79. The molecule has 0 amide bonds. The van der Waals surface area contributed by atoms with E-state index in [1.807, 2.05) is 0 Å². The molecule has 1 aromatic carbocycles. The van der Waals surface area contributed by atoms with Crippen LogP contribution in [-0.2, 0) is 16.1 Å². The number of carbonyl (C=O) groups excluding carboxylic acids is 1. The Morgan fingerprint density at radius 2 is 2.26 bits per heavy atom. The molecule has 0 aliphatic carbocycles. The van der Waals surface area contributed by atoms with Gasteiger partial charge >= 0.3 is 5.97 Å². The van der Waals surface area contributed by atoms with E-state index in [1.54, 1.807) is 6.07 Å². The van der Waals surface area contributed by atoms with Crippen molar-refractivity contribution in [1.29, 1.82) is 0 Å². The van der Waals surface area contributed by atoms with Crippen LogP contribution < -0.4 is 5.32 Å². The Hall–Kier alpha value is -1.59. The summed E-state index contributed by atoms with van der Waals surface area (Å²) in [5, 5.41) is 3.92. The SMILES string of the molecule is COC(=O)C1CNCc2[nH]c3ccc(F)cc3c21.Cl. The van der Waals surface area contributed by atoms with Gasteiger partial charge in [-0.25, -0.2) is 4.39 Å². The molecule has 0 saturated heterocycles. The molecule has 1 aliphatic heterocycles. The van der Waals surface area contributed by atoms with Gasteiger partial charge in [0.1, 0.15) is 5.82 Å². The van der Waals surface area contributed by atoms with Crippen LogP contribution in [0.5, 0.6) is 0 Å². The fourth-order valence-corrected chi connectivity index (χ4v) is 2.57. The van der Waals surface area contributed by atoms with Crippen molar-refractivity contribution in [3.05, 3.63) is 35.3 Å². The molecule has 4 nitrogen and oxygen atoms in total. The van der Waals surface area contributed by atoms with Gasteiger partial charge < -0.3 is 15.0 Å². The number of aromatic amines is 1. The van der Waals surface area contributed by atoms with E-state index in [4.69, 9.17) is 4.74 Å². The number of aromatic nitrogens is 1. The lowest BCUT2D eigenvalue weighted by molar-refractivity contribution is -0.142. The number of esters is 1. The van der Waals surface area contributed by atoms with Crippen LogP contribution in [0.4, 0.5) is 4.39 Å². The van der Waals surface area contributed by atoms with E-state index in [0.717, 1.165) is 22.2 Å². The van der Waals surface area contributed by atoms with Crippen LogP contribution in [0.2, 0.25) is 0 Å². The number of methoxy groups -OCH3 is 1. The van der Waals surface area contributed by atoms with Gasteiger partial charge in [-0.2, -0.15) is 0 Å². The zero-order chi connectivity index (χ0) is 12.7. The van der Waals surface area contributed by atoms with Crippen molar-refractivity contribution in [2.75, 3.05) is 13.7 Å². The van der Waals surface area contributed by atoms with E-state index in [2.05, 4.69) is 10.3 Å². The molecular formula is C13H14ClFN2O2. The average Bonchev–Trinajstić information content (AvgIpc) is 2.75. The molecule has 0 fully saturated rings. The van der Waals surface area contributed by atoms with Gasteiger partial charge in [-0.3, -0.25) is 4.79 Å². The molecule has 0 radical (unpaired) electrons. The number of H-pyrrole nitrogens is 1. The van der Waals surface area contributed by atoms with E-state index >= 15 is 0 Å². The Kier molecular flexibility index (Phi) is 3.78. The largest absolute Gasteiger partial charge is 0.469 e. The Bertz CT molecular complexity index is 626. The molecule has 6 heteroatoms. The molecular weight excluding hydrogens is 271 g/mol. The first-order chi connectivity index (χ1) is 8.70. The van der Waals surface area contributed by atoms with Crippen LogP contribution in [-0.4, -0.2) is 24.6 Å². The van der Waals surface area contributed by atoms with Crippen molar-refractivity contribution in [2.24, 2.45) is 0 Å². The second-order valence-electron chi connectivity index (χ2n) is 4.41. The summed E-state index contributed by atoms with van der Waals surface area (Å²) in [6.07, 6.45) is 0. The average molecular weight is 285 g/mol. The summed E-state index contributed by atoms with van der Waals surface area (Å²) in [4.78, 5) is 15.0. The third kappa shape index (κ3) is 2.19. The van der Waals surface area contributed by atoms with Gasteiger partial charge in [-0.1, -0.05) is 0 Å². The van der Waals surface area contributed by atoms with Gasteiger partial charge in [0.15, 0.2) is 0 Å². The van der Waals surface area contributed by atoms with E-state index in [0.29, 0.717) is 13.1 Å². The normalized spacial score (nSPS) is 17.7. The number of carbonyl (C=O) groups is 1. The maximum absolute atomic E-state index is 13.3. The summed E-state index contributed by atoms with van der Waals surface area (Å²) < 4.78 is 18.2. The monoisotopic (exact) mass is 284 g/mol. The molecule has 1 aliphatic rings. The van der Waals surface area contributed by atoms with Crippen molar-refractivity contribution >= 4 is 29.3 Å². The first kappa shape index (κ1) is 13.8. The van der Waals surface area contributed by atoms with Crippen molar-refractivity contribution < 1.29 is 13.9 Å². The summed E-state index contributed by atoms with van der Waals surface area (Å²) in [6, 6.07) is 4.56. The minimum atomic E-state index is -0.380. The Morgan fingerprint density at radius 3 is 3.00 bits per heavy atom. The first-order valence-corrected chi connectivity index (χ1v) is 5.79. The lowest BCUT2D eigenvalue weighted by atomic mass is 9.93. The maximum atomic E-state index is 13.3. The Balaban J connectivity index is 0.00000133. The molecule has 1 atom stereocenters. The van der Waals surface area contributed by atoms with Crippen LogP contribution in [0, 0.1) is 5.82 Å². The molecule has 2 heterocycles. The van der Waals surface area contributed by atoms with Gasteiger partial charge in [-0.05, 0) is 23.8 Å². The molecule has 2 N–H and O–H groups in total. The molecule has 102 valence electrons. The van der Waals surface area contributed by atoms with Gasteiger partial charge in [0.2, 0.25) is 0 Å². The molecule has 1 unspecified atom stereocenters. The van der Waals surface area contributed by atoms with Gasteiger partial charge in [0, 0.05) is 29.7 Å². The number of benzene rings is 1. The molecule has 0 saturated carbocycles. The highest BCUT2D eigenvalue weighted by atomic mass is 35.5. The number of fused-ring (bicyclic) bond motifs is 3. The number of hydrogen-bond acceptors (Lipinski definition) is 3. The fraction of sp³-hybridized carbons (Fsp3) is 0.308. The second kappa shape index (κ2) is 5.19. The molecule has 0 spiro atoms. The molecule has 19 heavy (non-hydrogen) atoms. The molecule has 3 rings (SSSR count). The van der Waals surface area contributed by atoms with Crippen LogP contribution >= 0.6 is 12.4 Å². The third-order valence-electron chi connectivity index (χ3n) is 3.37. The predicted octanol–water partition coefficient (Wildman–Crippen LogP) is 2.09. The summed E-state index contributed by atoms with van der Waals surface area (Å²) in [5.74, 6) is -0.977. The van der Waals surface area contributed by atoms with Crippen LogP contribution in [0.1, 0.15) is 17.2 Å². The summed E-state index contributed by atoms with van der Waals surface area (Å²) >= 11 is 0. The van der Waals surface area contributed by atoms with E-state index in [-0.39, 0.29) is 30.1 Å². The van der Waals surface area contributed by atoms with Gasteiger partial charge in [-0.15, -0.1) is 12.4 Å². The highest BCUT2D eigenvalue weighted by molar-refractivity contribution is 5.91. The summed E-state index contributed by atoms with van der Waals surface area (Å²) in [7, 11) is 1.37. The van der Waals surface area contributed by atoms with Crippen molar-refractivity contribution in [2.45, 2.75) is 12.5 Å². The molecule has 0 bridgehead atoms. The number of rotatable bonds is 1. The third-order valence-corrected chi connectivity index (χ3v) is 3.37. The quantitative estimate of drug-likeness (QED) is 0.789. The second-order valence-corrected chi connectivity index (χ2v) is 4.41. The number of ether oxygens (including phenoxy) is 1. The summed E-state index contributed by atoms with van der Waals surface area (Å²) in [6.45, 7) is 1.17. The van der Waals surface area contributed by atoms with Crippen molar-refractivity contribution in [3.63, 3.8) is 0 Å². The zero-order valence-electron chi connectivity index (χ0n) is 10.3. The number of hydrogen-bond donors (Lipinski definition) is 2. The Morgan fingerprint density at radius 1 is 1.47 bits per heavy atom. The summed E-state index contributed by atoms with van der Waals surface area (Å²) in [5.41, 5.74) is 2.63. The smallest absolute Gasteiger partial charge is 0.314 e. The van der Waals surface area contributed by atoms with Crippen LogP contribution in [0.15, 0.2) is 18.2 Å². The van der Waals surface area contributed by atoms with E-state index < -0.39 is 0 Å². The fourth-order valence-electron chi connectivity index (χ4n) is 2.57. The lowest BCUT2D eigenvalue weighted by Gasteiger charge is -2.21. The number of halogens is 2. The van der Waals surface area contributed by atoms with Crippen LogP contribution in [0.25, 0.3) is 10.9 Å². The van der Waals surface area contributed by atoms with Crippen molar-refractivity contribution in [3.8, 4) is 0 Å². The molecule has 1 aromatic heterocycles. The van der Waals surface area contributed by atoms with Gasteiger partial charge in [0.25, 0.3) is 0 Å². The Labute approximate surface area is 115 Å². The predicted molar refractivity (Wildman–Crippen MR) is 72.0 cm³/mol. The lowest BCUT2D eigenvalue weighted by Crippen LogP contribution is -2.32. The highest BCUT2D eigenvalue weighted by Gasteiger charge is 2.30. The maximum Gasteiger partial charge on any atom is 0.314 e. The van der Waals surface area contributed by atoms with E-state index in [1.165, 1.54) is 19.2 Å². The molecule has 2 aromatic rings. The minimum absolute atomic E-state index is 0. The van der Waals surface area contributed by atoms with Crippen LogP contribution in [0.3, 0.4) is 0 Å². The number of nitrogens with one attached hydrogen (secondary N) is 2. The van der Waals surface area contributed by atoms with Gasteiger partial charge in [0.05, 0.1) is 13.0 Å².